The summed E-state index contributed by atoms with van der Waals surface area (Å²) in [5, 5.41) is 19.4. The number of nitro groups is 1. The van der Waals surface area contributed by atoms with Crippen molar-refractivity contribution in [3.63, 3.8) is 0 Å². The molecule has 1 aromatic heterocycles. The maximum Gasteiger partial charge on any atom is 0.357 e. The summed E-state index contributed by atoms with van der Waals surface area (Å²) in [7, 11) is 0. The molecular weight excluding hydrogens is 216 g/mol. The molecule has 1 rings (SSSR count). The number of carbonyl (C=O) groups excluding carboxylic acids is 1. The zero-order chi connectivity index (χ0) is 12.1. The van der Waals surface area contributed by atoms with Crippen LogP contribution in [0.15, 0.2) is 12.1 Å². The van der Waals surface area contributed by atoms with E-state index in [0.29, 0.717) is 0 Å². The monoisotopic (exact) mass is 226 g/mol. The predicted octanol–water partition coefficient (Wildman–Crippen LogP) is 0.659. The summed E-state index contributed by atoms with van der Waals surface area (Å²) in [6, 6.07) is 2.11. The van der Waals surface area contributed by atoms with Crippen molar-refractivity contribution < 1.29 is 19.6 Å². The fourth-order valence-corrected chi connectivity index (χ4v) is 1.07. The molecule has 7 heteroatoms. The highest BCUT2D eigenvalue weighted by molar-refractivity contribution is 5.88. The zero-order valence-corrected chi connectivity index (χ0v) is 8.54. The van der Waals surface area contributed by atoms with Crippen molar-refractivity contribution in [2.75, 3.05) is 6.61 Å². The van der Waals surface area contributed by atoms with E-state index in [9.17, 15) is 14.9 Å². The fraction of sp³-hybridized carbons (Fsp3) is 0.333. The van der Waals surface area contributed by atoms with Crippen LogP contribution in [-0.2, 0) is 11.3 Å². The SMILES string of the molecule is CCOC(=O)c1cc([N+](=O)[O-])cc(CO)n1. The normalized spacial score (nSPS) is 9.88. The molecule has 0 fully saturated rings. The maximum atomic E-state index is 11.3. The summed E-state index contributed by atoms with van der Waals surface area (Å²) in [6.45, 7) is 1.29. The van der Waals surface area contributed by atoms with Gasteiger partial charge in [-0.25, -0.2) is 9.78 Å². The van der Waals surface area contributed by atoms with E-state index in [0.717, 1.165) is 12.1 Å². The van der Waals surface area contributed by atoms with Gasteiger partial charge in [-0.3, -0.25) is 10.1 Å². The minimum absolute atomic E-state index is 0.0530. The largest absolute Gasteiger partial charge is 0.461 e. The number of rotatable bonds is 4. The summed E-state index contributed by atoms with van der Waals surface area (Å²) in [4.78, 5) is 24.9. The highest BCUT2D eigenvalue weighted by Crippen LogP contribution is 2.15. The van der Waals surface area contributed by atoms with Crippen LogP contribution in [0.1, 0.15) is 23.1 Å². The first-order valence-corrected chi connectivity index (χ1v) is 4.51. The fourth-order valence-electron chi connectivity index (χ4n) is 1.07. The molecule has 16 heavy (non-hydrogen) atoms. The van der Waals surface area contributed by atoms with Gasteiger partial charge >= 0.3 is 5.97 Å². The molecule has 0 amide bonds. The highest BCUT2D eigenvalue weighted by Gasteiger charge is 2.16. The van der Waals surface area contributed by atoms with Gasteiger partial charge in [0, 0.05) is 12.1 Å². The Morgan fingerprint density at radius 1 is 1.62 bits per heavy atom. The third-order valence-electron chi connectivity index (χ3n) is 1.72. The first-order chi connectivity index (χ1) is 7.58. The van der Waals surface area contributed by atoms with E-state index in [1.165, 1.54) is 0 Å². The lowest BCUT2D eigenvalue weighted by atomic mass is 10.2. The molecule has 0 aromatic carbocycles. The number of pyridine rings is 1. The van der Waals surface area contributed by atoms with Crippen LogP contribution in [-0.4, -0.2) is 27.6 Å². The Bertz CT molecular complexity index is 418. The lowest BCUT2D eigenvalue weighted by Crippen LogP contribution is -2.09. The molecule has 1 N–H and O–H groups in total. The number of hydrogen-bond donors (Lipinski definition) is 1. The predicted molar refractivity (Wildman–Crippen MR) is 52.8 cm³/mol. The molecule has 0 aliphatic carbocycles. The van der Waals surface area contributed by atoms with Crippen LogP contribution in [0.4, 0.5) is 5.69 Å². The van der Waals surface area contributed by atoms with Crippen molar-refractivity contribution in [3.8, 4) is 0 Å². The standard InChI is InChI=1S/C9H10N2O5/c1-2-16-9(13)8-4-7(11(14)15)3-6(5-12)10-8/h3-4,12H,2,5H2,1H3. The Morgan fingerprint density at radius 3 is 2.81 bits per heavy atom. The van der Waals surface area contributed by atoms with Gasteiger partial charge in [0.2, 0.25) is 0 Å². The molecular formula is C9H10N2O5. The van der Waals surface area contributed by atoms with Crippen molar-refractivity contribution in [2.45, 2.75) is 13.5 Å². The van der Waals surface area contributed by atoms with Crippen molar-refractivity contribution in [3.05, 3.63) is 33.6 Å². The van der Waals surface area contributed by atoms with Gasteiger partial charge in [-0.15, -0.1) is 0 Å². The Hall–Kier alpha value is -2.02. The average molecular weight is 226 g/mol. The van der Waals surface area contributed by atoms with Crippen LogP contribution < -0.4 is 0 Å². The van der Waals surface area contributed by atoms with Crippen molar-refractivity contribution >= 4 is 11.7 Å². The number of carbonyl (C=O) groups is 1. The van der Waals surface area contributed by atoms with Gasteiger partial charge in [-0.2, -0.15) is 0 Å². The quantitative estimate of drug-likeness (QED) is 0.459. The van der Waals surface area contributed by atoms with Gasteiger partial charge in [0.1, 0.15) is 0 Å². The Labute approximate surface area is 90.8 Å². The van der Waals surface area contributed by atoms with E-state index in [2.05, 4.69) is 9.72 Å². The lowest BCUT2D eigenvalue weighted by Gasteiger charge is -2.02. The van der Waals surface area contributed by atoms with Crippen LogP contribution in [0.3, 0.4) is 0 Å². The second-order valence-corrected chi connectivity index (χ2v) is 2.84. The van der Waals surface area contributed by atoms with Gasteiger partial charge in [-0.1, -0.05) is 0 Å². The molecule has 86 valence electrons. The van der Waals surface area contributed by atoms with Gasteiger partial charge in [0.05, 0.1) is 23.8 Å². The number of esters is 1. The summed E-state index contributed by atoms with van der Waals surface area (Å²) in [5.41, 5.74) is -0.431. The number of aliphatic hydroxyl groups excluding tert-OH is 1. The second-order valence-electron chi connectivity index (χ2n) is 2.84. The van der Waals surface area contributed by atoms with E-state index >= 15 is 0 Å². The summed E-state index contributed by atoms with van der Waals surface area (Å²) in [6.07, 6.45) is 0. The van der Waals surface area contributed by atoms with Crippen molar-refractivity contribution in [2.24, 2.45) is 0 Å². The molecule has 0 radical (unpaired) electrons. The number of ether oxygens (including phenoxy) is 1. The number of nitrogens with zero attached hydrogens (tertiary/aromatic N) is 2. The minimum Gasteiger partial charge on any atom is -0.461 e. The lowest BCUT2D eigenvalue weighted by molar-refractivity contribution is -0.385. The molecule has 0 saturated carbocycles. The molecule has 0 atom stereocenters. The minimum atomic E-state index is -0.749. The van der Waals surface area contributed by atoms with Gasteiger partial charge in [-0.05, 0) is 6.92 Å². The topological polar surface area (TPSA) is 103 Å². The number of hydrogen-bond acceptors (Lipinski definition) is 6. The number of aromatic nitrogens is 1. The van der Waals surface area contributed by atoms with Gasteiger partial charge in [0.25, 0.3) is 5.69 Å². The Kier molecular flexibility index (Phi) is 3.90. The zero-order valence-electron chi connectivity index (χ0n) is 8.54. The average Bonchev–Trinajstić information content (AvgIpc) is 2.28. The van der Waals surface area contributed by atoms with E-state index in [1.807, 2.05) is 0 Å². The molecule has 0 aliphatic heterocycles. The van der Waals surface area contributed by atoms with E-state index < -0.39 is 17.5 Å². The molecule has 7 nitrogen and oxygen atoms in total. The third kappa shape index (κ3) is 2.74. The molecule has 0 aliphatic rings. The molecule has 1 aromatic rings. The van der Waals surface area contributed by atoms with Crippen molar-refractivity contribution in [1.82, 2.24) is 4.98 Å². The smallest absolute Gasteiger partial charge is 0.357 e. The second kappa shape index (κ2) is 5.17. The Balaban J connectivity index is 3.13. The van der Waals surface area contributed by atoms with E-state index in [1.54, 1.807) is 6.92 Å². The van der Waals surface area contributed by atoms with Crippen LogP contribution >= 0.6 is 0 Å². The number of aliphatic hydroxyl groups is 1. The molecule has 0 saturated heterocycles. The van der Waals surface area contributed by atoms with E-state index in [-0.39, 0.29) is 23.7 Å². The summed E-state index contributed by atoms with van der Waals surface area (Å²) < 4.78 is 4.66. The van der Waals surface area contributed by atoms with Crippen LogP contribution in [0.25, 0.3) is 0 Å². The Morgan fingerprint density at radius 2 is 2.31 bits per heavy atom. The van der Waals surface area contributed by atoms with Crippen LogP contribution in [0.5, 0.6) is 0 Å². The van der Waals surface area contributed by atoms with Crippen LogP contribution in [0, 0.1) is 10.1 Å². The molecule has 1 heterocycles. The first-order valence-electron chi connectivity index (χ1n) is 4.51. The molecule has 0 bridgehead atoms. The first kappa shape index (κ1) is 12.1. The van der Waals surface area contributed by atoms with Gasteiger partial charge in [0.15, 0.2) is 5.69 Å². The third-order valence-corrected chi connectivity index (χ3v) is 1.72. The summed E-state index contributed by atoms with van der Waals surface area (Å²) >= 11 is 0. The highest BCUT2D eigenvalue weighted by atomic mass is 16.6. The summed E-state index contributed by atoms with van der Waals surface area (Å²) in [5.74, 6) is -0.749. The van der Waals surface area contributed by atoms with Crippen LogP contribution in [0.2, 0.25) is 0 Å². The van der Waals surface area contributed by atoms with Crippen molar-refractivity contribution in [1.29, 1.82) is 0 Å². The van der Waals surface area contributed by atoms with Gasteiger partial charge < -0.3 is 9.84 Å². The maximum absolute atomic E-state index is 11.3. The molecule has 0 spiro atoms. The van der Waals surface area contributed by atoms with E-state index in [4.69, 9.17) is 5.11 Å². The molecule has 0 unspecified atom stereocenters.